The lowest BCUT2D eigenvalue weighted by atomic mass is 9.76. The maximum Gasteiger partial charge on any atom is 0.123 e. The summed E-state index contributed by atoms with van der Waals surface area (Å²) in [6.45, 7) is 4.12. The summed E-state index contributed by atoms with van der Waals surface area (Å²) in [4.78, 5) is 0. The van der Waals surface area contributed by atoms with Gasteiger partial charge in [0.25, 0.3) is 0 Å². The number of nitrogens with two attached hydrogens (primary N) is 2. The number of rotatable bonds is 2. The molecule has 0 saturated heterocycles. The highest BCUT2D eigenvalue weighted by Crippen LogP contribution is 2.59. The first-order valence-corrected chi connectivity index (χ1v) is 7.83. The molecule has 2 atom stereocenters. The van der Waals surface area contributed by atoms with Crippen LogP contribution in [0.25, 0.3) is 0 Å². The van der Waals surface area contributed by atoms with E-state index in [4.69, 9.17) is 11.5 Å². The molecule has 2 aromatic carbocycles. The predicted molar refractivity (Wildman–Crippen MR) is 92.5 cm³/mol. The second kappa shape index (κ2) is 4.98. The van der Waals surface area contributed by atoms with E-state index in [-0.39, 0.29) is 5.41 Å². The predicted octanol–water partition coefficient (Wildman–Crippen LogP) is 2.75. The van der Waals surface area contributed by atoms with Crippen LogP contribution in [0.5, 0.6) is 0 Å². The van der Waals surface area contributed by atoms with Gasteiger partial charge in [0.2, 0.25) is 0 Å². The molecule has 122 valence electrons. The second-order valence-electron chi connectivity index (χ2n) is 7.48. The van der Waals surface area contributed by atoms with Crippen LogP contribution in [0.4, 0.5) is 11.4 Å². The van der Waals surface area contributed by atoms with Gasteiger partial charge >= 0.3 is 0 Å². The Labute approximate surface area is 136 Å². The van der Waals surface area contributed by atoms with Gasteiger partial charge < -0.3 is 21.7 Å². The van der Waals surface area contributed by atoms with E-state index in [9.17, 15) is 10.2 Å². The third-order valence-electron chi connectivity index (χ3n) is 4.93. The van der Waals surface area contributed by atoms with Gasteiger partial charge in [0.1, 0.15) is 11.2 Å². The third-order valence-corrected chi connectivity index (χ3v) is 4.93. The molecule has 2 aromatic rings. The molecule has 1 aliphatic rings. The first-order chi connectivity index (χ1) is 10.7. The second-order valence-corrected chi connectivity index (χ2v) is 7.48. The monoisotopic (exact) mass is 312 g/mol. The summed E-state index contributed by atoms with van der Waals surface area (Å²) >= 11 is 0. The van der Waals surface area contributed by atoms with Crippen molar-refractivity contribution >= 4 is 11.4 Å². The minimum Gasteiger partial charge on any atom is -0.399 e. The molecule has 4 nitrogen and oxygen atoms in total. The Balaban J connectivity index is 2.15. The zero-order valence-corrected chi connectivity index (χ0v) is 13.6. The zero-order valence-electron chi connectivity index (χ0n) is 13.6. The maximum absolute atomic E-state index is 11.5. The number of benzene rings is 2. The van der Waals surface area contributed by atoms with Gasteiger partial charge in [-0.05, 0) is 53.6 Å². The molecule has 0 radical (unpaired) electrons. The van der Waals surface area contributed by atoms with Crippen molar-refractivity contribution in [2.45, 2.75) is 37.9 Å². The largest absolute Gasteiger partial charge is 0.399 e. The Kier molecular flexibility index (Phi) is 3.43. The lowest BCUT2D eigenvalue weighted by Crippen LogP contribution is -2.45. The van der Waals surface area contributed by atoms with E-state index in [1.54, 1.807) is 48.5 Å². The number of hydrogen-bond donors (Lipinski definition) is 4. The van der Waals surface area contributed by atoms with Crippen molar-refractivity contribution in [1.82, 2.24) is 0 Å². The highest BCUT2D eigenvalue weighted by molar-refractivity contribution is 5.46. The van der Waals surface area contributed by atoms with Crippen LogP contribution < -0.4 is 11.5 Å². The fourth-order valence-electron chi connectivity index (χ4n) is 3.94. The first kappa shape index (κ1) is 15.8. The molecule has 0 heterocycles. The molecule has 23 heavy (non-hydrogen) atoms. The van der Waals surface area contributed by atoms with Crippen LogP contribution in [0.2, 0.25) is 0 Å². The standard InChI is InChI=1S/C19H24N2O2/c1-17(2)11-18(22,13-3-7-15(20)8-4-13)19(23,12-17)14-5-9-16(21)10-6-14/h3-10,22-23H,11-12,20-21H2,1-2H3. The number of anilines is 2. The van der Waals surface area contributed by atoms with Crippen molar-refractivity contribution in [1.29, 1.82) is 0 Å². The molecular weight excluding hydrogens is 288 g/mol. The lowest BCUT2D eigenvalue weighted by Gasteiger charge is -2.39. The number of hydrogen-bond acceptors (Lipinski definition) is 4. The van der Waals surface area contributed by atoms with Crippen molar-refractivity contribution in [3.05, 3.63) is 59.7 Å². The van der Waals surface area contributed by atoms with Crippen molar-refractivity contribution in [3.8, 4) is 0 Å². The molecule has 0 aromatic heterocycles. The fraction of sp³-hybridized carbons (Fsp3) is 0.368. The van der Waals surface area contributed by atoms with Crippen molar-refractivity contribution < 1.29 is 10.2 Å². The molecule has 1 aliphatic carbocycles. The van der Waals surface area contributed by atoms with Crippen LogP contribution in [0, 0.1) is 5.41 Å². The number of nitrogen functional groups attached to an aromatic ring is 2. The van der Waals surface area contributed by atoms with E-state index in [1.165, 1.54) is 0 Å². The minimum absolute atomic E-state index is 0.202. The average Bonchev–Trinajstić information content (AvgIpc) is 2.66. The van der Waals surface area contributed by atoms with Gasteiger partial charge in [-0.1, -0.05) is 38.1 Å². The molecular formula is C19H24N2O2. The van der Waals surface area contributed by atoms with Gasteiger partial charge in [0, 0.05) is 11.4 Å². The van der Waals surface area contributed by atoms with Crippen LogP contribution >= 0.6 is 0 Å². The third kappa shape index (κ3) is 2.48. The molecule has 0 amide bonds. The quantitative estimate of drug-likeness (QED) is 0.642. The summed E-state index contributed by atoms with van der Waals surface area (Å²) in [5.74, 6) is 0. The van der Waals surface area contributed by atoms with Crippen LogP contribution in [0.3, 0.4) is 0 Å². The van der Waals surface area contributed by atoms with E-state index in [0.717, 1.165) is 0 Å². The summed E-state index contributed by atoms with van der Waals surface area (Å²) in [5, 5.41) is 23.0. The van der Waals surface area contributed by atoms with Crippen molar-refractivity contribution in [2.75, 3.05) is 11.5 Å². The Morgan fingerprint density at radius 1 is 0.696 bits per heavy atom. The normalized spacial score (nSPS) is 29.6. The zero-order chi connectivity index (χ0) is 16.9. The van der Waals surface area contributed by atoms with Crippen molar-refractivity contribution in [2.24, 2.45) is 5.41 Å². The summed E-state index contributed by atoms with van der Waals surface area (Å²) in [7, 11) is 0. The molecule has 1 saturated carbocycles. The van der Waals surface area contributed by atoms with E-state index < -0.39 is 11.2 Å². The maximum atomic E-state index is 11.5. The first-order valence-electron chi connectivity index (χ1n) is 7.83. The van der Waals surface area contributed by atoms with Gasteiger partial charge in [-0.3, -0.25) is 0 Å². The molecule has 6 N–H and O–H groups in total. The highest BCUT2D eigenvalue weighted by atomic mass is 16.4. The molecule has 1 fully saturated rings. The van der Waals surface area contributed by atoms with Crippen LogP contribution in [-0.2, 0) is 11.2 Å². The molecule has 3 rings (SSSR count). The van der Waals surface area contributed by atoms with E-state index >= 15 is 0 Å². The molecule has 4 heteroatoms. The smallest absolute Gasteiger partial charge is 0.123 e. The Bertz CT molecular complexity index is 648. The molecule has 0 aliphatic heterocycles. The average molecular weight is 312 g/mol. The Hall–Kier alpha value is -2.04. The SMILES string of the molecule is CC1(C)CC(O)(c2ccc(N)cc2)C(O)(c2ccc(N)cc2)C1. The van der Waals surface area contributed by atoms with Gasteiger partial charge in [-0.2, -0.15) is 0 Å². The van der Waals surface area contributed by atoms with Crippen LogP contribution in [0.1, 0.15) is 37.8 Å². The Morgan fingerprint density at radius 2 is 1.00 bits per heavy atom. The van der Waals surface area contributed by atoms with Gasteiger partial charge in [-0.15, -0.1) is 0 Å². The van der Waals surface area contributed by atoms with Gasteiger partial charge in [-0.25, -0.2) is 0 Å². The van der Waals surface area contributed by atoms with E-state index in [0.29, 0.717) is 35.3 Å². The van der Waals surface area contributed by atoms with Gasteiger partial charge in [0.05, 0.1) is 0 Å². The van der Waals surface area contributed by atoms with E-state index in [1.807, 2.05) is 0 Å². The number of aliphatic hydroxyl groups is 2. The molecule has 0 bridgehead atoms. The van der Waals surface area contributed by atoms with Crippen LogP contribution in [-0.4, -0.2) is 10.2 Å². The molecule has 2 unspecified atom stereocenters. The molecule has 0 spiro atoms. The summed E-state index contributed by atoms with van der Waals surface area (Å²) in [6, 6.07) is 14.2. The fourth-order valence-corrected chi connectivity index (χ4v) is 3.94. The summed E-state index contributed by atoms with van der Waals surface area (Å²) < 4.78 is 0. The lowest BCUT2D eigenvalue weighted by molar-refractivity contribution is -0.143. The van der Waals surface area contributed by atoms with E-state index in [2.05, 4.69) is 13.8 Å². The Morgan fingerprint density at radius 3 is 1.30 bits per heavy atom. The minimum atomic E-state index is -1.37. The van der Waals surface area contributed by atoms with Crippen molar-refractivity contribution in [3.63, 3.8) is 0 Å². The topological polar surface area (TPSA) is 92.5 Å². The summed E-state index contributed by atoms with van der Waals surface area (Å²) in [5.41, 5.74) is 11.2. The van der Waals surface area contributed by atoms with Crippen LogP contribution in [0.15, 0.2) is 48.5 Å². The highest BCUT2D eigenvalue weighted by Gasteiger charge is 2.61. The summed E-state index contributed by atoms with van der Waals surface area (Å²) in [6.07, 6.45) is 0.926. The van der Waals surface area contributed by atoms with Gasteiger partial charge in [0.15, 0.2) is 0 Å².